The fourth-order valence-electron chi connectivity index (χ4n) is 3.79. The summed E-state index contributed by atoms with van der Waals surface area (Å²) < 4.78 is 8.04. The quantitative estimate of drug-likeness (QED) is 0.393. The molecule has 1 amide bonds. The third kappa shape index (κ3) is 4.95. The molecule has 3 aromatic rings. The molecule has 1 fully saturated rings. The monoisotopic (exact) mass is 424 g/mol. The van der Waals surface area contributed by atoms with E-state index in [0.29, 0.717) is 19.6 Å². The molecule has 1 aliphatic rings. The number of aromatic nitrogens is 3. The predicted molar refractivity (Wildman–Crippen MR) is 120 cm³/mol. The van der Waals surface area contributed by atoms with E-state index in [1.165, 1.54) is 10.8 Å². The summed E-state index contributed by atoms with van der Waals surface area (Å²) in [5.74, 6) is 2.77. The van der Waals surface area contributed by atoms with Crippen molar-refractivity contribution < 1.29 is 9.53 Å². The molecule has 30 heavy (non-hydrogen) atoms. The highest BCUT2D eigenvalue weighted by Crippen LogP contribution is 2.22. The second-order valence-electron chi connectivity index (χ2n) is 7.47. The Hall–Kier alpha value is -2.54. The average molecular weight is 425 g/mol. The second-order valence-corrected chi connectivity index (χ2v) is 8.54. The third-order valence-electron chi connectivity index (χ3n) is 5.42. The van der Waals surface area contributed by atoms with E-state index >= 15 is 0 Å². The molecule has 0 radical (unpaired) electrons. The fraction of sp³-hybridized carbons (Fsp3) is 0.435. The number of carbonyl (C=O) groups is 1. The maximum atomic E-state index is 12.3. The molecular weight excluding hydrogens is 396 g/mol. The number of rotatable bonds is 8. The molecule has 6 nitrogen and oxygen atoms in total. The number of benzene rings is 2. The van der Waals surface area contributed by atoms with Gasteiger partial charge in [-0.15, -0.1) is 10.2 Å². The molecule has 158 valence electrons. The smallest absolute Gasteiger partial charge is 0.222 e. The molecule has 1 aliphatic heterocycles. The maximum absolute atomic E-state index is 12.3. The lowest BCUT2D eigenvalue weighted by molar-refractivity contribution is -0.131. The maximum Gasteiger partial charge on any atom is 0.222 e. The summed E-state index contributed by atoms with van der Waals surface area (Å²) in [4.78, 5) is 14.2. The van der Waals surface area contributed by atoms with Crippen LogP contribution < -0.4 is 4.74 Å². The summed E-state index contributed by atoms with van der Waals surface area (Å²) in [6, 6.07) is 14.4. The molecule has 0 aliphatic carbocycles. The van der Waals surface area contributed by atoms with Crippen LogP contribution in [0.25, 0.3) is 10.8 Å². The van der Waals surface area contributed by atoms with Gasteiger partial charge in [-0.3, -0.25) is 4.79 Å². The Morgan fingerprint density at radius 2 is 1.93 bits per heavy atom. The van der Waals surface area contributed by atoms with Crippen molar-refractivity contribution in [1.29, 1.82) is 0 Å². The number of fused-ring (bicyclic) bond motifs is 1. The van der Waals surface area contributed by atoms with Crippen molar-refractivity contribution >= 4 is 28.4 Å². The van der Waals surface area contributed by atoms with Gasteiger partial charge in [-0.2, -0.15) is 0 Å². The number of carbonyl (C=O) groups excluding carboxylic acids is 1. The Morgan fingerprint density at radius 3 is 2.80 bits per heavy atom. The SMILES string of the molecule is CCn1c(CN2CCCCCC2=O)nnc1SCCOc1ccc2ccccc2c1. The van der Waals surface area contributed by atoms with Gasteiger partial charge < -0.3 is 14.2 Å². The van der Waals surface area contributed by atoms with Crippen LogP contribution in [0.5, 0.6) is 5.75 Å². The van der Waals surface area contributed by atoms with Crippen molar-refractivity contribution in [2.75, 3.05) is 18.9 Å². The van der Waals surface area contributed by atoms with E-state index in [2.05, 4.69) is 46.0 Å². The molecule has 1 saturated heterocycles. The summed E-state index contributed by atoms with van der Waals surface area (Å²) in [6.45, 7) is 4.84. The van der Waals surface area contributed by atoms with Crippen molar-refractivity contribution in [2.45, 2.75) is 50.9 Å². The molecule has 0 atom stereocenters. The van der Waals surface area contributed by atoms with Crippen LogP contribution in [0.2, 0.25) is 0 Å². The number of ether oxygens (including phenoxy) is 1. The highest BCUT2D eigenvalue weighted by molar-refractivity contribution is 7.99. The van der Waals surface area contributed by atoms with Gasteiger partial charge in [-0.25, -0.2) is 0 Å². The van der Waals surface area contributed by atoms with Crippen molar-refractivity contribution in [2.24, 2.45) is 0 Å². The number of hydrogen-bond donors (Lipinski definition) is 0. The third-order valence-corrected chi connectivity index (χ3v) is 6.35. The molecule has 1 aromatic heterocycles. The lowest BCUT2D eigenvalue weighted by Crippen LogP contribution is -2.31. The minimum absolute atomic E-state index is 0.233. The van der Waals surface area contributed by atoms with Crippen molar-refractivity contribution in [3.63, 3.8) is 0 Å². The number of hydrogen-bond acceptors (Lipinski definition) is 5. The van der Waals surface area contributed by atoms with Crippen LogP contribution >= 0.6 is 11.8 Å². The van der Waals surface area contributed by atoms with E-state index in [1.54, 1.807) is 11.8 Å². The van der Waals surface area contributed by atoms with E-state index in [-0.39, 0.29) is 5.91 Å². The van der Waals surface area contributed by atoms with Crippen LogP contribution in [0.3, 0.4) is 0 Å². The zero-order chi connectivity index (χ0) is 20.8. The van der Waals surface area contributed by atoms with Crippen LogP contribution in [0.15, 0.2) is 47.6 Å². The Balaban J connectivity index is 1.32. The van der Waals surface area contributed by atoms with E-state index in [4.69, 9.17) is 4.74 Å². The van der Waals surface area contributed by atoms with Gasteiger partial charge in [0, 0.05) is 25.3 Å². The molecule has 0 saturated carbocycles. The van der Waals surface area contributed by atoms with E-state index < -0.39 is 0 Å². The largest absolute Gasteiger partial charge is 0.493 e. The first kappa shape index (κ1) is 20.7. The topological polar surface area (TPSA) is 60.2 Å². The van der Waals surface area contributed by atoms with Crippen LogP contribution in [-0.2, 0) is 17.9 Å². The molecule has 2 heterocycles. The van der Waals surface area contributed by atoms with Crippen molar-refractivity contribution in [1.82, 2.24) is 19.7 Å². The van der Waals surface area contributed by atoms with Crippen molar-refractivity contribution in [3.8, 4) is 5.75 Å². The van der Waals surface area contributed by atoms with Gasteiger partial charge in [0.15, 0.2) is 11.0 Å². The highest BCUT2D eigenvalue weighted by Gasteiger charge is 2.20. The van der Waals surface area contributed by atoms with Crippen LogP contribution in [0, 0.1) is 0 Å². The lowest BCUT2D eigenvalue weighted by atomic mass is 10.1. The number of nitrogens with zero attached hydrogens (tertiary/aromatic N) is 4. The van der Waals surface area contributed by atoms with E-state index in [0.717, 1.165) is 54.8 Å². The lowest BCUT2D eigenvalue weighted by Gasteiger charge is -2.20. The first-order chi connectivity index (χ1) is 14.7. The number of thioether (sulfide) groups is 1. The summed E-state index contributed by atoms with van der Waals surface area (Å²) in [7, 11) is 0. The van der Waals surface area contributed by atoms with E-state index in [9.17, 15) is 4.79 Å². The Bertz CT molecular complexity index is 1000. The number of amides is 1. The molecule has 0 unspecified atom stereocenters. The molecular formula is C23H28N4O2S. The Morgan fingerprint density at radius 1 is 1.07 bits per heavy atom. The standard InChI is InChI=1S/C23H28N4O2S/c1-2-27-21(17-26-13-7-3-4-10-22(26)28)24-25-23(27)30-15-14-29-20-12-11-18-8-5-6-9-19(18)16-20/h5-6,8-9,11-12,16H,2-4,7,10,13-15,17H2,1H3. The second kappa shape index (κ2) is 9.98. The van der Waals surface area contributed by atoms with Gasteiger partial charge in [-0.1, -0.05) is 48.5 Å². The zero-order valence-electron chi connectivity index (χ0n) is 17.4. The highest BCUT2D eigenvalue weighted by atomic mass is 32.2. The van der Waals surface area contributed by atoms with Crippen LogP contribution in [0.1, 0.15) is 38.4 Å². The van der Waals surface area contributed by atoms with Gasteiger partial charge in [-0.05, 0) is 42.7 Å². The van der Waals surface area contributed by atoms with Crippen molar-refractivity contribution in [3.05, 3.63) is 48.3 Å². The summed E-state index contributed by atoms with van der Waals surface area (Å²) >= 11 is 1.64. The first-order valence-electron chi connectivity index (χ1n) is 10.7. The molecule has 0 N–H and O–H groups in total. The number of likely N-dealkylation sites (tertiary alicyclic amines) is 1. The molecule has 7 heteroatoms. The van der Waals surface area contributed by atoms with Crippen LogP contribution in [-0.4, -0.2) is 44.5 Å². The molecule has 4 rings (SSSR count). The summed E-state index contributed by atoms with van der Waals surface area (Å²) in [6.07, 6.45) is 3.84. The van der Waals surface area contributed by atoms with Gasteiger partial charge in [0.25, 0.3) is 0 Å². The minimum Gasteiger partial charge on any atom is -0.493 e. The normalized spacial score (nSPS) is 14.8. The van der Waals surface area contributed by atoms with E-state index in [1.807, 2.05) is 23.1 Å². The minimum atomic E-state index is 0.233. The van der Waals surface area contributed by atoms with Gasteiger partial charge >= 0.3 is 0 Å². The Kier molecular flexibility index (Phi) is 6.89. The first-order valence-corrected chi connectivity index (χ1v) is 11.7. The van der Waals surface area contributed by atoms with Gasteiger partial charge in [0.05, 0.1) is 13.2 Å². The molecule has 0 bridgehead atoms. The van der Waals surface area contributed by atoms with Gasteiger partial charge in [0.1, 0.15) is 5.75 Å². The predicted octanol–water partition coefficient (Wildman–Crippen LogP) is 4.52. The zero-order valence-corrected chi connectivity index (χ0v) is 18.2. The van der Waals surface area contributed by atoms with Crippen LogP contribution in [0.4, 0.5) is 0 Å². The average Bonchev–Trinajstić information content (AvgIpc) is 3.04. The molecule has 2 aromatic carbocycles. The fourth-order valence-corrected chi connectivity index (χ4v) is 4.62. The Labute approximate surface area is 181 Å². The summed E-state index contributed by atoms with van der Waals surface area (Å²) in [5.41, 5.74) is 0. The summed E-state index contributed by atoms with van der Waals surface area (Å²) in [5, 5.41) is 12.0. The molecule has 0 spiro atoms. The van der Waals surface area contributed by atoms with Gasteiger partial charge in [0.2, 0.25) is 5.91 Å².